The van der Waals surface area contributed by atoms with Crippen molar-refractivity contribution in [3.8, 4) is 0 Å². The fourth-order valence-corrected chi connectivity index (χ4v) is 2.37. The zero-order valence-electron chi connectivity index (χ0n) is 9.07. The Balaban J connectivity index is 1.85. The fourth-order valence-electron chi connectivity index (χ4n) is 2.37. The second kappa shape index (κ2) is 4.10. The lowest BCUT2D eigenvalue weighted by Gasteiger charge is -2.47. The number of hydrogen-bond acceptors (Lipinski definition) is 3. The SMILES string of the molecule is C[C@@H](OC1CCOC2(CCC2)C1)C(=O)O. The largest absolute Gasteiger partial charge is 0.479 e. The Morgan fingerprint density at radius 1 is 1.60 bits per heavy atom. The van der Waals surface area contributed by atoms with E-state index in [2.05, 4.69) is 0 Å². The van der Waals surface area contributed by atoms with Crippen molar-refractivity contribution in [2.45, 2.75) is 56.8 Å². The molecule has 4 heteroatoms. The Morgan fingerprint density at radius 2 is 2.33 bits per heavy atom. The molecule has 0 amide bonds. The molecule has 1 heterocycles. The van der Waals surface area contributed by atoms with Crippen molar-refractivity contribution in [2.24, 2.45) is 0 Å². The third-order valence-electron chi connectivity index (χ3n) is 3.46. The summed E-state index contributed by atoms with van der Waals surface area (Å²) in [4.78, 5) is 10.7. The highest BCUT2D eigenvalue weighted by atomic mass is 16.5. The number of carboxylic acids is 1. The normalized spacial score (nSPS) is 30.9. The van der Waals surface area contributed by atoms with Gasteiger partial charge in [-0.2, -0.15) is 0 Å². The van der Waals surface area contributed by atoms with Gasteiger partial charge in [0, 0.05) is 13.0 Å². The summed E-state index contributed by atoms with van der Waals surface area (Å²) >= 11 is 0. The summed E-state index contributed by atoms with van der Waals surface area (Å²) in [5.74, 6) is -0.885. The van der Waals surface area contributed by atoms with Crippen molar-refractivity contribution in [1.82, 2.24) is 0 Å². The summed E-state index contributed by atoms with van der Waals surface area (Å²) < 4.78 is 11.3. The predicted octanol–water partition coefficient (Wildman–Crippen LogP) is 1.58. The minimum Gasteiger partial charge on any atom is -0.479 e. The molecule has 0 aromatic rings. The van der Waals surface area contributed by atoms with Crippen LogP contribution in [0.3, 0.4) is 0 Å². The van der Waals surface area contributed by atoms with Gasteiger partial charge in [0.05, 0.1) is 11.7 Å². The van der Waals surface area contributed by atoms with E-state index < -0.39 is 12.1 Å². The van der Waals surface area contributed by atoms with Gasteiger partial charge in [-0.3, -0.25) is 0 Å². The number of aliphatic carboxylic acids is 1. The van der Waals surface area contributed by atoms with Gasteiger partial charge in [-0.1, -0.05) is 0 Å². The van der Waals surface area contributed by atoms with Crippen LogP contribution in [-0.4, -0.2) is 35.5 Å². The summed E-state index contributed by atoms with van der Waals surface area (Å²) in [7, 11) is 0. The van der Waals surface area contributed by atoms with E-state index in [1.807, 2.05) is 0 Å². The lowest BCUT2D eigenvalue weighted by Crippen LogP contribution is -2.48. The van der Waals surface area contributed by atoms with E-state index in [1.165, 1.54) is 6.42 Å². The minimum absolute atomic E-state index is 0.0289. The Labute approximate surface area is 89.6 Å². The Bertz CT molecular complexity index is 247. The summed E-state index contributed by atoms with van der Waals surface area (Å²) in [5, 5.41) is 8.76. The van der Waals surface area contributed by atoms with Gasteiger partial charge in [0.25, 0.3) is 0 Å². The summed E-state index contributed by atoms with van der Waals surface area (Å²) in [6.45, 7) is 2.29. The molecule has 0 aromatic heterocycles. The number of rotatable bonds is 3. The molecule has 0 aromatic carbocycles. The van der Waals surface area contributed by atoms with Gasteiger partial charge in [0.15, 0.2) is 6.10 Å². The third-order valence-corrected chi connectivity index (χ3v) is 3.46. The predicted molar refractivity (Wildman–Crippen MR) is 53.7 cm³/mol. The van der Waals surface area contributed by atoms with Crippen molar-refractivity contribution < 1.29 is 19.4 Å². The molecule has 1 aliphatic heterocycles. The molecular weight excluding hydrogens is 196 g/mol. The second-order valence-corrected chi connectivity index (χ2v) is 4.62. The maximum absolute atomic E-state index is 10.7. The first-order chi connectivity index (χ1) is 7.11. The summed E-state index contributed by atoms with van der Waals surface area (Å²) in [5.41, 5.74) is 0.0289. The van der Waals surface area contributed by atoms with Crippen molar-refractivity contribution >= 4 is 5.97 Å². The molecule has 4 nitrogen and oxygen atoms in total. The maximum atomic E-state index is 10.7. The quantitative estimate of drug-likeness (QED) is 0.775. The molecule has 1 spiro atoms. The van der Waals surface area contributed by atoms with Crippen LogP contribution in [0.4, 0.5) is 0 Å². The number of ether oxygens (including phenoxy) is 2. The first kappa shape index (κ1) is 10.9. The van der Waals surface area contributed by atoms with Crippen LogP contribution in [0.15, 0.2) is 0 Å². The van der Waals surface area contributed by atoms with Gasteiger partial charge in [-0.25, -0.2) is 4.79 Å². The minimum atomic E-state index is -0.885. The van der Waals surface area contributed by atoms with E-state index in [-0.39, 0.29) is 11.7 Å². The zero-order chi connectivity index (χ0) is 10.9. The van der Waals surface area contributed by atoms with Crippen LogP contribution >= 0.6 is 0 Å². The van der Waals surface area contributed by atoms with Crippen molar-refractivity contribution in [3.05, 3.63) is 0 Å². The van der Waals surface area contributed by atoms with Crippen LogP contribution < -0.4 is 0 Å². The van der Waals surface area contributed by atoms with E-state index in [0.717, 1.165) is 25.7 Å². The lowest BCUT2D eigenvalue weighted by atomic mass is 9.74. The molecule has 2 atom stereocenters. The van der Waals surface area contributed by atoms with Crippen LogP contribution in [0.5, 0.6) is 0 Å². The fraction of sp³-hybridized carbons (Fsp3) is 0.909. The van der Waals surface area contributed by atoms with Gasteiger partial charge in [-0.05, 0) is 32.6 Å². The molecule has 1 N–H and O–H groups in total. The second-order valence-electron chi connectivity index (χ2n) is 4.62. The van der Waals surface area contributed by atoms with E-state index in [0.29, 0.717) is 6.61 Å². The number of carboxylic acid groups (broad SMARTS) is 1. The van der Waals surface area contributed by atoms with E-state index in [9.17, 15) is 4.79 Å². The lowest BCUT2D eigenvalue weighted by molar-refractivity contribution is -0.186. The van der Waals surface area contributed by atoms with Crippen LogP contribution in [-0.2, 0) is 14.3 Å². The smallest absolute Gasteiger partial charge is 0.332 e. The monoisotopic (exact) mass is 214 g/mol. The first-order valence-corrected chi connectivity index (χ1v) is 5.64. The topological polar surface area (TPSA) is 55.8 Å². The van der Waals surface area contributed by atoms with Gasteiger partial charge < -0.3 is 14.6 Å². The maximum Gasteiger partial charge on any atom is 0.332 e. The molecule has 86 valence electrons. The van der Waals surface area contributed by atoms with E-state index >= 15 is 0 Å². The standard InChI is InChI=1S/C11H18O4/c1-8(10(12)13)15-9-3-6-14-11(7-9)4-2-5-11/h8-9H,2-7H2,1H3,(H,12,13)/t8-,9?/m1/s1. The molecule has 2 aliphatic rings. The van der Waals surface area contributed by atoms with Crippen molar-refractivity contribution in [3.63, 3.8) is 0 Å². The molecule has 2 rings (SSSR count). The average molecular weight is 214 g/mol. The number of hydrogen-bond donors (Lipinski definition) is 1. The average Bonchev–Trinajstić information content (AvgIpc) is 2.15. The molecule has 0 bridgehead atoms. The molecule has 15 heavy (non-hydrogen) atoms. The highest BCUT2D eigenvalue weighted by molar-refractivity contribution is 5.71. The molecule has 1 unspecified atom stereocenters. The van der Waals surface area contributed by atoms with E-state index in [4.69, 9.17) is 14.6 Å². The molecule has 0 radical (unpaired) electrons. The molecular formula is C11H18O4. The Morgan fingerprint density at radius 3 is 2.87 bits per heavy atom. The highest BCUT2D eigenvalue weighted by Gasteiger charge is 2.43. The summed E-state index contributed by atoms with van der Waals surface area (Å²) in [6.07, 6.45) is 4.48. The molecule has 1 saturated heterocycles. The van der Waals surface area contributed by atoms with Crippen LogP contribution in [0.1, 0.15) is 39.0 Å². The van der Waals surface area contributed by atoms with Crippen LogP contribution in [0, 0.1) is 0 Å². The Hall–Kier alpha value is -0.610. The van der Waals surface area contributed by atoms with Crippen molar-refractivity contribution in [2.75, 3.05) is 6.61 Å². The van der Waals surface area contributed by atoms with E-state index in [1.54, 1.807) is 6.92 Å². The zero-order valence-corrected chi connectivity index (χ0v) is 9.07. The van der Waals surface area contributed by atoms with Gasteiger partial charge in [0.2, 0.25) is 0 Å². The van der Waals surface area contributed by atoms with Gasteiger partial charge in [0.1, 0.15) is 0 Å². The van der Waals surface area contributed by atoms with Crippen LogP contribution in [0.25, 0.3) is 0 Å². The Kier molecular flexibility index (Phi) is 2.98. The summed E-state index contributed by atoms with van der Waals surface area (Å²) in [6, 6.07) is 0. The first-order valence-electron chi connectivity index (χ1n) is 5.64. The van der Waals surface area contributed by atoms with Crippen molar-refractivity contribution in [1.29, 1.82) is 0 Å². The van der Waals surface area contributed by atoms with Crippen LogP contribution in [0.2, 0.25) is 0 Å². The highest BCUT2D eigenvalue weighted by Crippen LogP contribution is 2.43. The molecule has 1 saturated carbocycles. The van der Waals surface area contributed by atoms with Gasteiger partial charge in [-0.15, -0.1) is 0 Å². The molecule has 1 aliphatic carbocycles. The molecule has 2 fully saturated rings. The van der Waals surface area contributed by atoms with Gasteiger partial charge >= 0.3 is 5.97 Å². The number of carbonyl (C=O) groups is 1. The third kappa shape index (κ3) is 2.32.